The maximum atomic E-state index is 4.18. The molecule has 1 atom stereocenters. The maximum absolute atomic E-state index is 4.18. The second-order valence-corrected chi connectivity index (χ2v) is 24.0. The van der Waals surface area contributed by atoms with Crippen molar-refractivity contribution in [2.75, 3.05) is 4.90 Å². The van der Waals surface area contributed by atoms with Crippen LogP contribution in [0.1, 0.15) is 77.8 Å². The quantitative estimate of drug-likeness (QED) is 0.147. The number of nitrogens with zero attached hydrogens (tertiary/aromatic N) is 1. The average Bonchev–Trinajstić information content (AvgIpc) is 2.91. The van der Waals surface area contributed by atoms with Gasteiger partial charge in [-0.05, 0) is 194 Å². The molecule has 0 radical (unpaired) electrons. The molecule has 0 amide bonds. The van der Waals surface area contributed by atoms with Crippen LogP contribution in [0.4, 0.5) is 17.1 Å². The molecule has 1 spiro atoms. The lowest BCUT2D eigenvalue weighted by Crippen LogP contribution is -2.26. The van der Waals surface area contributed by atoms with E-state index in [-0.39, 0.29) is 10.8 Å². The predicted octanol–water partition coefficient (Wildman–Crippen LogP) is 21.4. The molecule has 82 heavy (non-hydrogen) atoms. The topological polar surface area (TPSA) is 3.24 Å². The molecule has 16 rings (SSSR count). The first-order chi connectivity index (χ1) is 40.1. The lowest BCUT2D eigenvalue weighted by atomic mass is 9.70. The van der Waals surface area contributed by atoms with Crippen molar-refractivity contribution < 1.29 is 0 Å². The summed E-state index contributed by atoms with van der Waals surface area (Å²) in [7, 11) is 0. The Hall–Kier alpha value is -9.82. The molecule has 12 aromatic carbocycles. The minimum absolute atomic E-state index is 0.121. The third kappa shape index (κ3) is 6.87. The van der Waals surface area contributed by atoms with E-state index in [4.69, 9.17) is 0 Å². The Morgan fingerprint density at radius 1 is 0.256 bits per heavy atom. The van der Waals surface area contributed by atoms with Gasteiger partial charge in [0.1, 0.15) is 0 Å². The van der Waals surface area contributed by atoms with E-state index in [0.717, 1.165) is 22.6 Å². The van der Waals surface area contributed by atoms with Crippen LogP contribution in [0.25, 0.3) is 95.1 Å². The van der Waals surface area contributed by atoms with Crippen molar-refractivity contribution in [3.05, 3.63) is 324 Å². The van der Waals surface area contributed by atoms with Crippen LogP contribution in [0.5, 0.6) is 0 Å². The molecular weight excluding hydrogens is 987 g/mol. The fourth-order valence-corrected chi connectivity index (χ4v) is 15.0. The Morgan fingerprint density at radius 3 is 1.13 bits per heavy atom. The maximum Gasteiger partial charge on any atom is 0.0725 e. The smallest absolute Gasteiger partial charge is 0.0725 e. The third-order valence-corrected chi connectivity index (χ3v) is 19.1. The molecule has 1 heteroatoms. The van der Waals surface area contributed by atoms with E-state index in [9.17, 15) is 0 Å². The number of hydrogen-bond acceptors (Lipinski definition) is 1. The van der Waals surface area contributed by atoms with Crippen molar-refractivity contribution in [1.29, 1.82) is 0 Å². The van der Waals surface area contributed by atoms with Crippen LogP contribution in [0.3, 0.4) is 0 Å². The van der Waals surface area contributed by atoms with E-state index in [1.807, 2.05) is 6.08 Å². The molecule has 4 aliphatic carbocycles. The van der Waals surface area contributed by atoms with Crippen molar-refractivity contribution in [2.24, 2.45) is 0 Å². The highest BCUT2D eigenvalue weighted by Gasteiger charge is 2.52. The van der Waals surface area contributed by atoms with Gasteiger partial charge in [0.2, 0.25) is 0 Å². The van der Waals surface area contributed by atoms with E-state index in [2.05, 4.69) is 306 Å². The van der Waals surface area contributed by atoms with E-state index in [0.29, 0.717) is 0 Å². The second kappa shape index (κ2) is 17.8. The van der Waals surface area contributed by atoms with E-state index in [1.54, 1.807) is 0 Å². The van der Waals surface area contributed by atoms with Gasteiger partial charge in [0.05, 0.1) is 5.41 Å². The molecule has 0 N–H and O–H groups in total. The lowest BCUT2D eigenvalue weighted by molar-refractivity contribution is 0.660. The molecule has 0 heterocycles. The van der Waals surface area contributed by atoms with E-state index < -0.39 is 5.41 Å². The zero-order valence-corrected chi connectivity index (χ0v) is 46.6. The molecule has 388 valence electrons. The molecule has 0 fully saturated rings. The zero-order valence-electron chi connectivity index (χ0n) is 46.6. The average molecular weight is 1050 g/mol. The molecule has 4 aliphatic rings. The van der Waals surface area contributed by atoms with E-state index >= 15 is 0 Å². The molecular formula is C81H59N. The van der Waals surface area contributed by atoms with Crippen molar-refractivity contribution in [1.82, 2.24) is 0 Å². The Bertz CT molecular complexity index is 4610. The fraction of sp³-hybridized carbons (Fsp3) is 0.0864. The Morgan fingerprint density at radius 2 is 0.585 bits per heavy atom. The Labute approximate surface area is 481 Å². The van der Waals surface area contributed by atoms with Crippen LogP contribution in [0, 0.1) is 0 Å². The number of rotatable bonds is 8. The minimum Gasteiger partial charge on any atom is -0.310 e. The minimum atomic E-state index is -0.471. The summed E-state index contributed by atoms with van der Waals surface area (Å²) in [4.78, 5) is 2.46. The number of benzene rings is 12. The standard InChI is InChI=1S/C81H59N/c1-6-51-18-10-11-21-62(51)58-36-43-70-65-24-14-17-27-73(65)81(78(70)48-58)72-26-16-13-23-64(72)69-42-35-57(47-77(69)81)55-30-28-54(29-31-55)56-34-41-66-68-45-40-61(50-76(68)80(4,5)74(66)46-56)82(59-37-32-53(33-38-59)52-19-8-7-9-20-52)60-39-44-67-63-22-12-15-25-71(63)79(2,3)75(67)49-60/h6-50H,1H2,2-5H3. The van der Waals surface area contributed by atoms with Gasteiger partial charge in [0, 0.05) is 27.9 Å². The zero-order chi connectivity index (χ0) is 55.1. The third-order valence-electron chi connectivity index (χ3n) is 19.1. The molecule has 0 saturated heterocycles. The SMILES string of the molecule is C=Cc1ccccc1-c1ccc2c(c1)C1(c3ccccc3-c3ccc(-c4ccc(-c5ccc6c(c5)C(C)(C)c5cc(N(c7ccc(-c8ccccc8)cc7)c7ccc8c(c7)C(C)(C)c7ccccc7-8)ccc5-6)cc4)cc31)c1ccccc1-2. The highest BCUT2D eigenvalue weighted by Crippen LogP contribution is 2.64. The first-order valence-electron chi connectivity index (χ1n) is 28.9. The van der Waals surface area contributed by atoms with Crippen molar-refractivity contribution in [2.45, 2.75) is 43.9 Å². The predicted molar refractivity (Wildman–Crippen MR) is 344 cm³/mol. The van der Waals surface area contributed by atoms with Gasteiger partial charge in [0.25, 0.3) is 0 Å². The summed E-state index contributed by atoms with van der Waals surface area (Å²) in [6, 6.07) is 101. The summed E-state index contributed by atoms with van der Waals surface area (Å²) >= 11 is 0. The summed E-state index contributed by atoms with van der Waals surface area (Å²) in [5, 5.41) is 0. The van der Waals surface area contributed by atoms with Crippen LogP contribution >= 0.6 is 0 Å². The molecule has 0 aromatic heterocycles. The Balaban J connectivity index is 0.750. The van der Waals surface area contributed by atoms with Crippen molar-refractivity contribution >= 4 is 23.1 Å². The van der Waals surface area contributed by atoms with Gasteiger partial charge in [-0.25, -0.2) is 0 Å². The molecule has 0 saturated carbocycles. The van der Waals surface area contributed by atoms with Crippen molar-refractivity contribution in [3.63, 3.8) is 0 Å². The van der Waals surface area contributed by atoms with Gasteiger partial charge in [-0.3, -0.25) is 0 Å². The van der Waals surface area contributed by atoms with E-state index in [1.165, 1.54) is 134 Å². The monoisotopic (exact) mass is 1050 g/mol. The van der Waals surface area contributed by atoms with Gasteiger partial charge in [-0.15, -0.1) is 0 Å². The number of hydrogen-bond donors (Lipinski definition) is 0. The van der Waals surface area contributed by atoms with Crippen molar-refractivity contribution in [3.8, 4) is 89.0 Å². The largest absolute Gasteiger partial charge is 0.310 e. The number of anilines is 3. The molecule has 1 nitrogen and oxygen atoms in total. The highest BCUT2D eigenvalue weighted by atomic mass is 15.1. The van der Waals surface area contributed by atoms with Crippen LogP contribution < -0.4 is 4.90 Å². The molecule has 12 aromatic rings. The van der Waals surface area contributed by atoms with Crippen LogP contribution in [-0.2, 0) is 16.2 Å². The summed E-state index contributed by atoms with van der Waals surface area (Å²) in [6.07, 6.45) is 1.97. The summed E-state index contributed by atoms with van der Waals surface area (Å²) in [6.45, 7) is 13.7. The first-order valence-corrected chi connectivity index (χ1v) is 28.9. The molecule has 0 bridgehead atoms. The van der Waals surface area contributed by atoms with Crippen LogP contribution in [0.2, 0.25) is 0 Å². The van der Waals surface area contributed by atoms with Gasteiger partial charge >= 0.3 is 0 Å². The molecule has 0 aliphatic heterocycles. The summed E-state index contributed by atoms with van der Waals surface area (Å²) < 4.78 is 0. The summed E-state index contributed by atoms with van der Waals surface area (Å²) in [5.41, 5.74) is 34.7. The fourth-order valence-electron chi connectivity index (χ4n) is 15.0. The van der Waals surface area contributed by atoms with Crippen LogP contribution in [0.15, 0.2) is 273 Å². The molecule has 1 unspecified atom stereocenters. The Kier molecular flexibility index (Phi) is 10.5. The first kappa shape index (κ1) is 48.1. The highest BCUT2D eigenvalue weighted by molar-refractivity contribution is 5.98. The number of fused-ring (bicyclic) bond motifs is 16. The van der Waals surface area contributed by atoms with Gasteiger partial charge in [-0.1, -0.05) is 253 Å². The van der Waals surface area contributed by atoms with Gasteiger partial charge < -0.3 is 4.90 Å². The second-order valence-electron chi connectivity index (χ2n) is 24.0. The van der Waals surface area contributed by atoms with Gasteiger partial charge in [-0.2, -0.15) is 0 Å². The lowest BCUT2D eigenvalue weighted by Gasteiger charge is -2.31. The van der Waals surface area contributed by atoms with Gasteiger partial charge in [0.15, 0.2) is 0 Å². The normalized spacial score (nSPS) is 15.6. The summed E-state index contributed by atoms with van der Waals surface area (Å²) in [5.74, 6) is 0. The van der Waals surface area contributed by atoms with Crippen LogP contribution in [-0.4, -0.2) is 0 Å².